The Labute approximate surface area is 174 Å². The molecule has 0 radical (unpaired) electrons. The Kier molecular flexibility index (Phi) is 4.60. The normalized spacial score (nSPS) is 16.5. The van der Waals surface area contributed by atoms with Crippen LogP contribution in [0.15, 0.2) is 95.8 Å². The van der Waals surface area contributed by atoms with Gasteiger partial charge in [0.2, 0.25) is 0 Å². The second kappa shape index (κ2) is 7.56. The lowest BCUT2D eigenvalue weighted by molar-refractivity contribution is -0.115. The number of rotatable bonds is 3. The van der Waals surface area contributed by atoms with Crippen molar-refractivity contribution in [2.45, 2.75) is 18.8 Å². The lowest BCUT2D eigenvalue weighted by atomic mass is 9.84. The zero-order valence-electron chi connectivity index (χ0n) is 16.4. The van der Waals surface area contributed by atoms with Gasteiger partial charge in [0, 0.05) is 12.3 Å². The number of carbonyl (C=O) groups excluding carboxylic acids is 1. The van der Waals surface area contributed by atoms with Gasteiger partial charge in [-0.3, -0.25) is 14.2 Å². The Morgan fingerprint density at radius 3 is 2.20 bits per heavy atom. The molecule has 0 amide bonds. The third kappa shape index (κ3) is 3.26. The van der Waals surface area contributed by atoms with E-state index in [1.165, 1.54) is 0 Å². The zero-order valence-corrected chi connectivity index (χ0v) is 16.4. The first-order valence-electron chi connectivity index (χ1n) is 10.1. The first kappa shape index (κ1) is 18.3. The Bertz CT molecular complexity index is 1320. The smallest absolute Gasteiger partial charge is 0.265 e. The highest BCUT2D eigenvalue weighted by Crippen LogP contribution is 2.36. The average molecular weight is 392 g/mol. The number of aromatic nitrogens is 2. The van der Waals surface area contributed by atoms with Gasteiger partial charge in [-0.15, -0.1) is 0 Å². The second-order valence-electron chi connectivity index (χ2n) is 7.57. The first-order chi connectivity index (χ1) is 14.7. The molecule has 4 nitrogen and oxygen atoms in total. The van der Waals surface area contributed by atoms with Gasteiger partial charge in [-0.25, -0.2) is 4.98 Å². The van der Waals surface area contributed by atoms with Crippen LogP contribution in [0.4, 0.5) is 0 Å². The predicted molar refractivity (Wildman–Crippen MR) is 119 cm³/mol. The van der Waals surface area contributed by atoms with Crippen LogP contribution in [0.1, 0.15) is 30.1 Å². The van der Waals surface area contributed by atoms with Crippen molar-refractivity contribution in [1.29, 1.82) is 0 Å². The fourth-order valence-corrected chi connectivity index (χ4v) is 4.18. The molecule has 0 aliphatic heterocycles. The van der Waals surface area contributed by atoms with Crippen molar-refractivity contribution in [3.05, 3.63) is 113 Å². The van der Waals surface area contributed by atoms with E-state index in [0.29, 0.717) is 29.6 Å². The van der Waals surface area contributed by atoms with Gasteiger partial charge >= 0.3 is 0 Å². The topological polar surface area (TPSA) is 52.0 Å². The molecular weight excluding hydrogens is 372 g/mol. The highest BCUT2D eigenvalue weighted by molar-refractivity contribution is 5.99. The van der Waals surface area contributed by atoms with Gasteiger partial charge in [-0.1, -0.05) is 60.7 Å². The standard InChI is InChI=1S/C26H20N2O2/c29-22-16-19(18-9-3-1-4-10-18)15-20(17-22)25-27-24-14-8-7-13-23(24)26(30)28(25)21-11-5-2-6-12-21/h1-14,16,20H,15,17H2. The maximum absolute atomic E-state index is 13.4. The van der Waals surface area contributed by atoms with E-state index in [-0.39, 0.29) is 17.3 Å². The summed E-state index contributed by atoms with van der Waals surface area (Å²) in [6.07, 6.45) is 2.74. The van der Waals surface area contributed by atoms with E-state index in [1.807, 2.05) is 78.9 Å². The summed E-state index contributed by atoms with van der Waals surface area (Å²) >= 11 is 0. The summed E-state index contributed by atoms with van der Waals surface area (Å²) in [5.74, 6) is 0.530. The van der Waals surface area contributed by atoms with Gasteiger partial charge < -0.3 is 0 Å². The van der Waals surface area contributed by atoms with E-state index < -0.39 is 0 Å². The largest absolute Gasteiger partial charge is 0.295 e. The van der Waals surface area contributed by atoms with Gasteiger partial charge in [-0.05, 0) is 47.9 Å². The van der Waals surface area contributed by atoms with Crippen LogP contribution in [0.25, 0.3) is 22.2 Å². The van der Waals surface area contributed by atoms with Crippen LogP contribution in [0.3, 0.4) is 0 Å². The number of fused-ring (bicyclic) bond motifs is 1. The van der Waals surface area contributed by atoms with Gasteiger partial charge in [0.05, 0.1) is 16.6 Å². The summed E-state index contributed by atoms with van der Waals surface area (Å²) in [6, 6.07) is 26.9. The molecule has 1 unspecified atom stereocenters. The van der Waals surface area contributed by atoms with Crippen LogP contribution in [-0.4, -0.2) is 15.3 Å². The highest BCUT2D eigenvalue weighted by atomic mass is 16.1. The molecule has 0 bridgehead atoms. The van der Waals surface area contributed by atoms with E-state index >= 15 is 0 Å². The van der Waals surface area contributed by atoms with Gasteiger partial charge in [0.1, 0.15) is 5.82 Å². The molecule has 4 aromatic rings. The maximum Gasteiger partial charge on any atom is 0.265 e. The van der Waals surface area contributed by atoms with Gasteiger partial charge in [0.15, 0.2) is 5.78 Å². The highest BCUT2D eigenvalue weighted by Gasteiger charge is 2.28. The Hall–Kier alpha value is -3.79. The lowest BCUT2D eigenvalue weighted by Gasteiger charge is -2.25. The Balaban J connectivity index is 1.70. The Morgan fingerprint density at radius 1 is 0.767 bits per heavy atom. The van der Waals surface area contributed by atoms with E-state index in [9.17, 15) is 9.59 Å². The minimum absolute atomic E-state index is 0.0622. The molecule has 30 heavy (non-hydrogen) atoms. The summed E-state index contributed by atoms with van der Waals surface area (Å²) in [5, 5.41) is 0.575. The molecule has 0 saturated carbocycles. The third-order valence-electron chi connectivity index (χ3n) is 5.57. The summed E-state index contributed by atoms with van der Waals surface area (Å²) in [5.41, 5.74) is 3.33. The molecule has 0 saturated heterocycles. The molecular formula is C26H20N2O2. The number of carbonyl (C=O) groups is 1. The minimum Gasteiger partial charge on any atom is -0.295 e. The molecule has 1 heterocycles. The number of hydrogen-bond donors (Lipinski definition) is 0. The number of ketones is 1. The van der Waals surface area contributed by atoms with E-state index in [4.69, 9.17) is 4.98 Å². The molecule has 1 aliphatic carbocycles. The fourth-order valence-electron chi connectivity index (χ4n) is 4.18. The summed E-state index contributed by atoms with van der Waals surface area (Å²) in [7, 11) is 0. The van der Waals surface area contributed by atoms with Crippen LogP contribution >= 0.6 is 0 Å². The Morgan fingerprint density at radius 2 is 1.43 bits per heavy atom. The quantitative estimate of drug-likeness (QED) is 0.497. The number of nitrogens with zero attached hydrogens (tertiary/aromatic N) is 2. The van der Waals surface area contributed by atoms with E-state index in [2.05, 4.69) is 0 Å². The summed E-state index contributed by atoms with van der Waals surface area (Å²) < 4.78 is 1.67. The SMILES string of the molecule is O=C1C=C(c2ccccc2)CC(c2nc3ccccc3c(=O)n2-c2ccccc2)C1. The van der Waals surface area contributed by atoms with Crippen LogP contribution in [0.5, 0.6) is 0 Å². The van der Waals surface area contributed by atoms with E-state index in [1.54, 1.807) is 16.7 Å². The molecule has 5 rings (SSSR count). The fraction of sp³-hybridized carbons (Fsp3) is 0.115. The van der Waals surface area contributed by atoms with Crippen molar-refractivity contribution >= 4 is 22.3 Å². The minimum atomic E-state index is -0.171. The van der Waals surface area contributed by atoms with Crippen molar-refractivity contribution in [2.75, 3.05) is 0 Å². The summed E-state index contributed by atoms with van der Waals surface area (Å²) in [6.45, 7) is 0. The molecule has 3 aromatic carbocycles. The van der Waals surface area contributed by atoms with Crippen LogP contribution in [-0.2, 0) is 4.79 Å². The van der Waals surface area contributed by atoms with Crippen molar-refractivity contribution in [3.63, 3.8) is 0 Å². The molecule has 1 atom stereocenters. The average Bonchev–Trinajstić information content (AvgIpc) is 2.80. The van der Waals surface area contributed by atoms with Crippen molar-refractivity contribution < 1.29 is 4.79 Å². The van der Waals surface area contributed by atoms with Crippen LogP contribution < -0.4 is 5.56 Å². The predicted octanol–water partition coefficient (Wildman–Crippen LogP) is 4.92. The molecule has 4 heteroatoms. The van der Waals surface area contributed by atoms with Crippen molar-refractivity contribution in [2.24, 2.45) is 0 Å². The monoisotopic (exact) mass is 392 g/mol. The molecule has 0 spiro atoms. The van der Waals surface area contributed by atoms with Crippen LogP contribution in [0, 0.1) is 0 Å². The molecule has 0 N–H and O–H groups in total. The number of para-hydroxylation sites is 2. The zero-order chi connectivity index (χ0) is 20.5. The number of hydrogen-bond acceptors (Lipinski definition) is 3. The number of allylic oxidation sites excluding steroid dienone is 2. The van der Waals surface area contributed by atoms with Gasteiger partial charge in [0.25, 0.3) is 5.56 Å². The van der Waals surface area contributed by atoms with Gasteiger partial charge in [-0.2, -0.15) is 0 Å². The lowest BCUT2D eigenvalue weighted by Crippen LogP contribution is -2.27. The molecule has 1 aliphatic rings. The molecule has 146 valence electrons. The third-order valence-corrected chi connectivity index (χ3v) is 5.57. The number of benzene rings is 3. The summed E-state index contributed by atoms with van der Waals surface area (Å²) in [4.78, 5) is 31.0. The van der Waals surface area contributed by atoms with E-state index in [0.717, 1.165) is 16.8 Å². The maximum atomic E-state index is 13.4. The molecule has 0 fully saturated rings. The van der Waals surface area contributed by atoms with Crippen molar-refractivity contribution in [1.82, 2.24) is 9.55 Å². The van der Waals surface area contributed by atoms with Crippen molar-refractivity contribution in [3.8, 4) is 5.69 Å². The first-order valence-corrected chi connectivity index (χ1v) is 10.1. The second-order valence-corrected chi connectivity index (χ2v) is 7.57. The molecule has 1 aromatic heterocycles. The van der Waals surface area contributed by atoms with Crippen LogP contribution in [0.2, 0.25) is 0 Å².